The molecule has 15 heavy (non-hydrogen) atoms. The van der Waals surface area contributed by atoms with Crippen LogP contribution in [0.3, 0.4) is 0 Å². The second-order valence-electron chi connectivity index (χ2n) is 3.62. The van der Waals surface area contributed by atoms with Gasteiger partial charge >= 0.3 is 0 Å². The van der Waals surface area contributed by atoms with Crippen molar-refractivity contribution in [1.82, 2.24) is 5.90 Å². The van der Waals surface area contributed by atoms with Crippen molar-refractivity contribution in [2.24, 2.45) is 0 Å². The van der Waals surface area contributed by atoms with Gasteiger partial charge in [0.2, 0.25) is 0 Å². The molecule has 0 bridgehead atoms. The zero-order valence-corrected chi connectivity index (χ0v) is 8.52. The minimum absolute atomic E-state index is 0.396. The van der Waals surface area contributed by atoms with Crippen LogP contribution in [0.2, 0.25) is 0 Å². The lowest BCUT2D eigenvalue weighted by atomic mass is 10.0. The van der Waals surface area contributed by atoms with Crippen molar-refractivity contribution in [3.8, 4) is 0 Å². The fourth-order valence-corrected chi connectivity index (χ4v) is 1.74. The number of fused-ring (bicyclic) bond motifs is 1. The molecule has 0 atom stereocenters. The largest absolute Gasteiger partial charge is 0.264 e. The van der Waals surface area contributed by atoms with Crippen LogP contribution < -0.4 is 5.90 Å². The maximum absolute atomic E-state index is 8.22. The van der Waals surface area contributed by atoms with Crippen molar-refractivity contribution in [3.63, 3.8) is 0 Å². The Labute approximate surface area is 89.6 Å². The van der Waals surface area contributed by atoms with Crippen LogP contribution in [0.15, 0.2) is 42.5 Å². The van der Waals surface area contributed by atoms with Crippen molar-refractivity contribution in [2.45, 2.75) is 12.8 Å². The second-order valence-corrected chi connectivity index (χ2v) is 3.62. The van der Waals surface area contributed by atoms with E-state index < -0.39 is 0 Å². The van der Waals surface area contributed by atoms with Gasteiger partial charge in [0.05, 0.1) is 6.61 Å². The second kappa shape index (κ2) is 4.91. The molecule has 2 nitrogen and oxygen atoms in total. The average molecular weight is 199 g/mol. The summed E-state index contributed by atoms with van der Waals surface area (Å²) in [5.74, 6) is 8.22. The molecule has 0 saturated heterocycles. The summed E-state index contributed by atoms with van der Waals surface area (Å²) in [6.45, 7) is 0.396. The van der Waals surface area contributed by atoms with Crippen molar-refractivity contribution in [3.05, 3.63) is 48.0 Å². The van der Waals surface area contributed by atoms with Crippen molar-refractivity contribution < 1.29 is 4.84 Å². The van der Waals surface area contributed by atoms with E-state index in [0.29, 0.717) is 6.61 Å². The highest BCUT2D eigenvalue weighted by atomic mass is 16.6. The van der Waals surface area contributed by atoms with E-state index >= 15 is 0 Å². The van der Waals surface area contributed by atoms with Gasteiger partial charge in [-0.3, -0.25) is 4.84 Å². The molecule has 2 radical (unpaired) electrons. The highest BCUT2D eigenvalue weighted by molar-refractivity contribution is 5.82. The lowest BCUT2D eigenvalue weighted by Crippen LogP contribution is -1.93. The Bertz CT molecular complexity index is 439. The Hall–Kier alpha value is -1.38. The maximum atomic E-state index is 8.22. The highest BCUT2D eigenvalue weighted by Crippen LogP contribution is 2.16. The molecule has 0 aliphatic rings. The molecule has 2 heteroatoms. The van der Waals surface area contributed by atoms with Crippen LogP contribution in [-0.2, 0) is 11.3 Å². The number of rotatable bonds is 4. The van der Waals surface area contributed by atoms with Gasteiger partial charge in [-0.05, 0) is 29.2 Å². The molecule has 0 amide bonds. The quantitative estimate of drug-likeness (QED) is 0.550. The summed E-state index contributed by atoms with van der Waals surface area (Å²) in [7, 11) is 0. The first kappa shape index (κ1) is 10.1. The monoisotopic (exact) mass is 199 g/mol. The molecule has 2 rings (SSSR count). The van der Waals surface area contributed by atoms with Gasteiger partial charge in [-0.2, -0.15) is 0 Å². The first-order valence-corrected chi connectivity index (χ1v) is 5.14. The lowest BCUT2D eigenvalue weighted by Gasteiger charge is -2.02. The minimum atomic E-state index is 0.396. The summed E-state index contributed by atoms with van der Waals surface area (Å²) in [6.07, 6.45) is 1.78. The molecule has 0 aliphatic heterocycles. The van der Waals surface area contributed by atoms with E-state index in [0.717, 1.165) is 12.8 Å². The van der Waals surface area contributed by atoms with Gasteiger partial charge in [0.1, 0.15) is 0 Å². The number of nitrogens with zero attached hydrogens (tertiary/aromatic N) is 1. The molecule has 2 aromatic rings. The Morgan fingerprint density at radius 1 is 1.00 bits per heavy atom. The van der Waals surface area contributed by atoms with Crippen LogP contribution in [0.4, 0.5) is 0 Å². The SMILES string of the molecule is [N]OCCCc1ccc2ccccc2c1. The third-order valence-electron chi connectivity index (χ3n) is 2.51. The molecule has 0 heterocycles. The molecule has 0 saturated carbocycles. The standard InChI is InChI=1S/C13H13NO/c14-15-9-3-4-11-7-8-12-5-1-2-6-13(12)10-11/h1-2,5-8,10H,3-4,9H2. The van der Waals surface area contributed by atoms with Crippen molar-refractivity contribution in [2.75, 3.05) is 6.61 Å². The predicted molar refractivity (Wildman–Crippen MR) is 60.4 cm³/mol. The van der Waals surface area contributed by atoms with E-state index in [4.69, 9.17) is 5.90 Å². The predicted octanol–water partition coefficient (Wildman–Crippen LogP) is 2.77. The molecule has 0 spiro atoms. The Morgan fingerprint density at radius 3 is 2.60 bits per heavy atom. The first-order valence-electron chi connectivity index (χ1n) is 5.14. The summed E-state index contributed by atoms with van der Waals surface area (Å²) in [5, 5.41) is 2.53. The maximum Gasteiger partial charge on any atom is 0.0723 e. The van der Waals surface area contributed by atoms with Gasteiger partial charge in [-0.1, -0.05) is 42.5 Å². The fourth-order valence-electron chi connectivity index (χ4n) is 1.74. The average Bonchev–Trinajstić information content (AvgIpc) is 2.29. The fraction of sp³-hybridized carbons (Fsp3) is 0.231. The zero-order chi connectivity index (χ0) is 10.5. The molecular formula is C13H13NO. The van der Waals surface area contributed by atoms with Gasteiger partial charge in [-0.15, -0.1) is 0 Å². The van der Waals surface area contributed by atoms with Crippen LogP contribution in [0.25, 0.3) is 10.8 Å². The van der Waals surface area contributed by atoms with Gasteiger partial charge in [0, 0.05) is 5.90 Å². The lowest BCUT2D eigenvalue weighted by molar-refractivity contribution is 0.116. The Balaban J connectivity index is 2.16. The number of hydrogen-bond acceptors (Lipinski definition) is 1. The molecular weight excluding hydrogens is 186 g/mol. The number of aryl methyl sites for hydroxylation is 1. The summed E-state index contributed by atoms with van der Waals surface area (Å²) in [4.78, 5) is 4.05. The summed E-state index contributed by atoms with van der Waals surface area (Å²) in [6, 6.07) is 14.7. The summed E-state index contributed by atoms with van der Waals surface area (Å²) in [5.41, 5.74) is 1.28. The van der Waals surface area contributed by atoms with Crippen LogP contribution in [0.1, 0.15) is 12.0 Å². The Morgan fingerprint density at radius 2 is 1.80 bits per heavy atom. The summed E-state index contributed by atoms with van der Waals surface area (Å²) >= 11 is 0. The van der Waals surface area contributed by atoms with Crippen LogP contribution in [0, 0.1) is 0 Å². The molecule has 0 N–H and O–H groups in total. The van der Waals surface area contributed by atoms with Crippen LogP contribution in [0.5, 0.6) is 0 Å². The third-order valence-corrected chi connectivity index (χ3v) is 2.51. The van der Waals surface area contributed by atoms with Gasteiger partial charge < -0.3 is 0 Å². The smallest absolute Gasteiger partial charge is 0.0723 e. The first-order chi connectivity index (χ1) is 7.40. The van der Waals surface area contributed by atoms with E-state index in [1.54, 1.807) is 0 Å². The molecule has 76 valence electrons. The normalized spacial score (nSPS) is 10.7. The van der Waals surface area contributed by atoms with Gasteiger partial charge in [-0.25, -0.2) is 0 Å². The number of hydrogen-bond donors (Lipinski definition) is 0. The van der Waals surface area contributed by atoms with E-state index in [1.807, 2.05) is 12.1 Å². The van der Waals surface area contributed by atoms with Gasteiger partial charge in [0.25, 0.3) is 0 Å². The molecule has 0 unspecified atom stereocenters. The molecule has 0 fully saturated rings. The number of benzene rings is 2. The summed E-state index contributed by atoms with van der Waals surface area (Å²) < 4.78 is 0. The minimum Gasteiger partial charge on any atom is -0.264 e. The topological polar surface area (TPSA) is 31.5 Å². The van der Waals surface area contributed by atoms with Crippen molar-refractivity contribution >= 4 is 10.8 Å². The van der Waals surface area contributed by atoms with Gasteiger partial charge in [0.15, 0.2) is 0 Å². The van der Waals surface area contributed by atoms with E-state index in [1.165, 1.54) is 16.3 Å². The zero-order valence-electron chi connectivity index (χ0n) is 8.52. The van der Waals surface area contributed by atoms with Crippen LogP contribution in [-0.4, -0.2) is 6.61 Å². The van der Waals surface area contributed by atoms with Crippen molar-refractivity contribution in [1.29, 1.82) is 0 Å². The van der Waals surface area contributed by atoms with Crippen LogP contribution >= 0.6 is 0 Å². The van der Waals surface area contributed by atoms with E-state index in [2.05, 4.69) is 35.2 Å². The van der Waals surface area contributed by atoms with E-state index in [-0.39, 0.29) is 0 Å². The third kappa shape index (κ3) is 2.55. The molecule has 0 aromatic heterocycles. The Kier molecular flexibility index (Phi) is 3.33. The highest BCUT2D eigenvalue weighted by Gasteiger charge is 1.96. The van der Waals surface area contributed by atoms with E-state index in [9.17, 15) is 0 Å². The molecule has 0 aliphatic carbocycles. The molecule has 2 aromatic carbocycles.